The monoisotopic (exact) mass is 428 g/mol. The van der Waals surface area contributed by atoms with Crippen molar-refractivity contribution in [2.45, 2.75) is 13.0 Å². The lowest BCUT2D eigenvalue weighted by Crippen LogP contribution is -2.14. The van der Waals surface area contributed by atoms with Gasteiger partial charge in [-0.3, -0.25) is 9.78 Å². The molecule has 0 aliphatic rings. The Morgan fingerprint density at radius 3 is 2.62 bits per heavy atom. The summed E-state index contributed by atoms with van der Waals surface area (Å²) < 4.78 is 7.24. The minimum atomic E-state index is -1.10. The molecule has 8 heteroatoms. The van der Waals surface area contributed by atoms with Crippen LogP contribution < -0.4 is 10.1 Å². The molecule has 32 heavy (non-hydrogen) atoms. The van der Waals surface area contributed by atoms with Crippen molar-refractivity contribution in [3.8, 4) is 11.4 Å². The molecule has 2 aromatic carbocycles. The number of ether oxygens (including phenoxy) is 1. The molecule has 0 atom stereocenters. The summed E-state index contributed by atoms with van der Waals surface area (Å²) in [6, 6.07) is 19.6. The molecule has 0 saturated carbocycles. The number of aromatic nitrogens is 3. The molecule has 160 valence electrons. The van der Waals surface area contributed by atoms with Crippen LogP contribution in [0.5, 0.6) is 5.75 Å². The van der Waals surface area contributed by atoms with Crippen LogP contribution in [0, 0.1) is 0 Å². The first kappa shape index (κ1) is 20.8. The molecular formula is C24H20N4O4. The summed E-state index contributed by atoms with van der Waals surface area (Å²) in [5.41, 5.74) is 2.96. The van der Waals surface area contributed by atoms with Gasteiger partial charge in [0.15, 0.2) is 5.69 Å². The maximum absolute atomic E-state index is 12.6. The fourth-order valence-electron chi connectivity index (χ4n) is 3.09. The molecule has 0 unspecified atom stereocenters. The van der Waals surface area contributed by atoms with Crippen LogP contribution in [0.25, 0.3) is 5.69 Å². The van der Waals surface area contributed by atoms with Crippen LogP contribution in [-0.2, 0) is 17.8 Å². The van der Waals surface area contributed by atoms with Crippen LogP contribution in [0.4, 0.5) is 5.69 Å². The van der Waals surface area contributed by atoms with Gasteiger partial charge in [-0.1, -0.05) is 24.3 Å². The van der Waals surface area contributed by atoms with Gasteiger partial charge in [0, 0.05) is 29.8 Å². The summed E-state index contributed by atoms with van der Waals surface area (Å²) in [5.74, 6) is -0.604. The van der Waals surface area contributed by atoms with Crippen LogP contribution in [0.1, 0.15) is 21.6 Å². The van der Waals surface area contributed by atoms with Gasteiger partial charge in [-0.2, -0.15) is 5.10 Å². The van der Waals surface area contributed by atoms with Gasteiger partial charge in [0.1, 0.15) is 12.4 Å². The number of pyridine rings is 1. The maximum atomic E-state index is 12.6. The number of carboxylic acids is 1. The summed E-state index contributed by atoms with van der Waals surface area (Å²) >= 11 is 0. The molecule has 4 aromatic rings. The molecule has 0 saturated heterocycles. The van der Waals surface area contributed by atoms with Crippen LogP contribution in [0.3, 0.4) is 0 Å². The summed E-state index contributed by atoms with van der Waals surface area (Å²) in [4.78, 5) is 27.6. The van der Waals surface area contributed by atoms with Crippen molar-refractivity contribution in [2.24, 2.45) is 0 Å². The molecule has 2 heterocycles. The zero-order valence-corrected chi connectivity index (χ0v) is 17.0. The van der Waals surface area contributed by atoms with Crippen molar-refractivity contribution in [1.82, 2.24) is 14.8 Å². The number of amides is 1. The third-order valence-electron chi connectivity index (χ3n) is 4.59. The predicted molar refractivity (Wildman–Crippen MR) is 118 cm³/mol. The first-order valence-electron chi connectivity index (χ1n) is 9.87. The van der Waals surface area contributed by atoms with Gasteiger partial charge in [0.2, 0.25) is 5.91 Å². The van der Waals surface area contributed by atoms with E-state index in [1.165, 1.54) is 10.7 Å². The Labute approximate surface area is 184 Å². The average molecular weight is 428 g/mol. The molecule has 0 bridgehead atoms. The van der Waals surface area contributed by atoms with Crippen LogP contribution >= 0.6 is 0 Å². The van der Waals surface area contributed by atoms with Crippen LogP contribution in [0.2, 0.25) is 0 Å². The fourth-order valence-corrected chi connectivity index (χ4v) is 3.09. The molecule has 2 aromatic heterocycles. The highest BCUT2D eigenvalue weighted by Gasteiger charge is 2.10. The van der Waals surface area contributed by atoms with Crippen molar-refractivity contribution >= 4 is 17.6 Å². The van der Waals surface area contributed by atoms with E-state index in [2.05, 4.69) is 15.4 Å². The number of carbonyl (C=O) groups excluding carboxylic acids is 1. The number of hydrogen-bond donors (Lipinski definition) is 2. The molecule has 4 rings (SSSR count). The lowest BCUT2D eigenvalue weighted by atomic mass is 10.1. The van der Waals surface area contributed by atoms with Crippen molar-refractivity contribution in [2.75, 3.05) is 5.32 Å². The molecule has 0 aliphatic heterocycles. The third kappa shape index (κ3) is 5.37. The molecule has 1 amide bonds. The summed E-state index contributed by atoms with van der Waals surface area (Å²) in [5, 5.41) is 15.9. The average Bonchev–Trinajstić information content (AvgIpc) is 3.30. The SMILES string of the molecule is O=C(Cc1cccc(OCc2cccnc2)c1)Nc1cccc(-n2ccc(C(=O)O)n2)c1. The van der Waals surface area contributed by atoms with E-state index >= 15 is 0 Å². The third-order valence-corrected chi connectivity index (χ3v) is 4.59. The summed E-state index contributed by atoms with van der Waals surface area (Å²) in [6.07, 6.45) is 5.19. The van der Waals surface area contributed by atoms with Gasteiger partial charge < -0.3 is 15.2 Å². The standard InChI is InChI=1S/C24H20N4O4/c29-23(13-17-4-1-8-21(12-17)32-16-18-5-3-10-25-15-18)26-19-6-2-7-20(14-19)28-11-9-22(27-28)24(30)31/h1-12,14-15H,13,16H2,(H,26,29)(H,30,31). The largest absolute Gasteiger partial charge is 0.489 e. The first-order chi connectivity index (χ1) is 15.6. The van der Waals surface area contributed by atoms with E-state index in [-0.39, 0.29) is 18.0 Å². The van der Waals surface area contributed by atoms with Crippen LogP contribution in [0.15, 0.2) is 85.3 Å². The highest BCUT2D eigenvalue weighted by atomic mass is 16.5. The van der Waals surface area contributed by atoms with E-state index in [9.17, 15) is 9.59 Å². The molecule has 0 fully saturated rings. The fraction of sp³-hybridized carbons (Fsp3) is 0.0833. The number of benzene rings is 2. The van der Waals surface area contributed by atoms with Gasteiger partial charge in [0.25, 0.3) is 0 Å². The second-order valence-electron chi connectivity index (χ2n) is 7.02. The summed E-state index contributed by atoms with van der Waals surface area (Å²) in [7, 11) is 0. The van der Waals surface area contributed by atoms with Gasteiger partial charge in [0.05, 0.1) is 12.1 Å². The lowest BCUT2D eigenvalue weighted by molar-refractivity contribution is -0.115. The maximum Gasteiger partial charge on any atom is 0.356 e. The number of rotatable bonds is 8. The molecular weight excluding hydrogens is 408 g/mol. The smallest absolute Gasteiger partial charge is 0.356 e. The second kappa shape index (κ2) is 9.57. The highest BCUT2D eigenvalue weighted by Crippen LogP contribution is 2.18. The normalized spacial score (nSPS) is 10.5. The van der Waals surface area contributed by atoms with Gasteiger partial charge >= 0.3 is 5.97 Å². The molecule has 0 spiro atoms. The van der Waals surface area contributed by atoms with E-state index in [0.717, 1.165) is 11.1 Å². The van der Waals surface area contributed by atoms with Crippen molar-refractivity contribution in [1.29, 1.82) is 0 Å². The Hall–Kier alpha value is -4.46. The van der Waals surface area contributed by atoms with Gasteiger partial charge in [-0.15, -0.1) is 0 Å². The van der Waals surface area contributed by atoms with E-state index in [1.54, 1.807) is 42.9 Å². The number of anilines is 1. The number of hydrogen-bond acceptors (Lipinski definition) is 5. The second-order valence-corrected chi connectivity index (χ2v) is 7.02. The quantitative estimate of drug-likeness (QED) is 0.443. The predicted octanol–water partition coefficient (Wildman–Crippen LogP) is 3.73. The van der Waals surface area contributed by atoms with E-state index < -0.39 is 5.97 Å². The highest BCUT2D eigenvalue weighted by molar-refractivity contribution is 5.92. The Kier molecular flexibility index (Phi) is 6.22. The Morgan fingerprint density at radius 1 is 1.00 bits per heavy atom. The van der Waals surface area contributed by atoms with Crippen LogP contribution in [-0.4, -0.2) is 31.7 Å². The number of carboxylic acid groups (broad SMARTS) is 1. The number of aromatic carboxylic acids is 1. The topological polar surface area (TPSA) is 106 Å². The minimum Gasteiger partial charge on any atom is -0.489 e. The number of nitrogens with one attached hydrogen (secondary N) is 1. The Morgan fingerprint density at radius 2 is 1.84 bits per heavy atom. The molecule has 0 aliphatic carbocycles. The van der Waals surface area contributed by atoms with E-state index in [0.29, 0.717) is 23.7 Å². The van der Waals surface area contributed by atoms with Crippen molar-refractivity contribution < 1.29 is 19.4 Å². The molecule has 0 radical (unpaired) electrons. The Balaban J connectivity index is 1.38. The van der Waals surface area contributed by atoms with Gasteiger partial charge in [-0.25, -0.2) is 9.48 Å². The molecule has 2 N–H and O–H groups in total. The number of nitrogens with zero attached hydrogens (tertiary/aromatic N) is 3. The van der Waals surface area contributed by atoms with E-state index in [4.69, 9.17) is 9.84 Å². The first-order valence-corrected chi connectivity index (χ1v) is 9.87. The van der Waals surface area contributed by atoms with Gasteiger partial charge in [-0.05, 0) is 48.0 Å². The van der Waals surface area contributed by atoms with E-state index in [1.807, 2.05) is 36.4 Å². The zero-order valence-electron chi connectivity index (χ0n) is 17.0. The summed E-state index contributed by atoms with van der Waals surface area (Å²) in [6.45, 7) is 0.396. The number of carbonyl (C=O) groups is 2. The lowest BCUT2D eigenvalue weighted by Gasteiger charge is -2.10. The Bertz CT molecular complexity index is 1240. The zero-order chi connectivity index (χ0) is 22.3. The van der Waals surface area contributed by atoms with Crippen molar-refractivity contribution in [3.05, 3.63) is 102 Å². The minimum absolute atomic E-state index is 0.0509. The van der Waals surface area contributed by atoms with Crippen molar-refractivity contribution in [3.63, 3.8) is 0 Å². The molecule has 8 nitrogen and oxygen atoms in total.